The number of Topliss-reactive ketones (excluding diaryl/α,β-unsaturated/α-hetero) is 1. The van der Waals surface area contributed by atoms with Gasteiger partial charge >= 0.3 is 0 Å². The fraction of sp³-hybridized carbons (Fsp3) is 0.533. The number of ether oxygens (including phenoxy) is 1. The average Bonchev–Trinajstić information content (AvgIpc) is 2.33. The molecule has 1 aromatic rings. The Hall–Kier alpha value is -1.39. The van der Waals surface area contributed by atoms with E-state index in [9.17, 15) is 9.90 Å². The highest BCUT2D eigenvalue weighted by molar-refractivity contribution is 5.96. The Morgan fingerprint density at radius 3 is 2.58 bits per heavy atom. The molecular weight excluding hydrogens is 242 g/mol. The van der Waals surface area contributed by atoms with Gasteiger partial charge in [-0.05, 0) is 39.8 Å². The minimum atomic E-state index is -0.612. The number of ketones is 1. The van der Waals surface area contributed by atoms with E-state index in [2.05, 4.69) is 5.32 Å². The fourth-order valence-electron chi connectivity index (χ4n) is 1.55. The maximum atomic E-state index is 11.4. The average molecular weight is 265 g/mol. The molecule has 0 heterocycles. The van der Waals surface area contributed by atoms with Crippen molar-refractivity contribution in [3.63, 3.8) is 0 Å². The van der Waals surface area contributed by atoms with E-state index in [1.807, 2.05) is 26.8 Å². The maximum absolute atomic E-state index is 11.4. The third kappa shape index (κ3) is 5.85. The van der Waals surface area contributed by atoms with Crippen LogP contribution in [0.5, 0.6) is 5.75 Å². The molecule has 106 valence electrons. The van der Waals surface area contributed by atoms with Gasteiger partial charge in [0.1, 0.15) is 18.5 Å². The zero-order chi connectivity index (χ0) is 14.5. The molecule has 0 saturated heterocycles. The van der Waals surface area contributed by atoms with Crippen LogP contribution in [0.4, 0.5) is 0 Å². The standard InChI is InChI=1S/C15H23NO3/c1-11(17)13-7-5-6-8-14(13)19-10-12(18)9-16-15(2,3)4/h5-8,12,16,18H,9-10H2,1-4H3/t12-/m0/s1. The molecule has 0 aliphatic heterocycles. The van der Waals surface area contributed by atoms with Gasteiger partial charge in [-0.1, -0.05) is 12.1 Å². The molecule has 0 aliphatic carbocycles. The van der Waals surface area contributed by atoms with Gasteiger partial charge in [0, 0.05) is 12.1 Å². The lowest BCUT2D eigenvalue weighted by Gasteiger charge is -2.23. The fourth-order valence-corrected chi connectivity index (χ4v) is 1.55. The second kappa shape index (κ2) is 6.68. The minimum absolute atomic E-state index is 0.0434. The summed E-state index contributed by atoms with van der Waals surface area (Å²) in [5, 5.41) is 13.0. The summed E-state index contributed by atoms with van der Waals surface area (Å²) in [6.45, 7) is 8.21. The topological polar surface area (TPSA) is 58.6 Å². The summed E-state index contributed by atoms with van der Waals surface area (Å²) in [5.74, 6) is 0.475. The number of β-amino-alcohol motifs (C(OH)–C–C–N with tert-alkyl or cyclic N) is 1. The molecule has 0 bridgehead atoms. The number of aliphatic hydroxyl groups is 1. The number of carbonyl (C=O) groups is 1. The van der Waals surface area contributed by atoms with Crippen molar-refractivity contribution in [1.82, 2.24) is 5.32 Å². The first-order chi connectivity index (χ1) is 8.79. The van der Waals surface area contributed by atoms with Crippen LogP contribution in [-0.4, -0.2) is 35.7 Å². The first kappa shape index (κ1) is 15.7. The van der Waals surface area contributed by atoms with Crippen LogP contribution >= 0.6 is 0 Å². The van der Waals surface area contributed by atoms with E-state index in [4.69, 9.17) is 4.74 Å². The van der Waals surface area contributed by atoms with E-state index in [1.54, 1.807) is 18.2 Å². The van der Waals surface area contributed by atoms with Gasteiger partial charge in [-0.3, -0.25) is 4.79 Å². The van der Waals surface area contributed by atoms with Crippen molar-refractivity contribution in [3.05, 3.63) is 29.8 Å². The molecule has 0 unspecified atom stereocenters. The third-order valence-corrected chi connectivity index (χ3v) is 2.57. The van der Waals surface area contributed by atoms with Crippen molar-refractivity contribution in [1.29, 1.82) is 0 Å². The van der Waals surface area contributed by atoms with Crippen LogP contribution < -0.4 is 10.1 Å². The van der Waals surface area contributed by atoms with E-state index < -0.39 is 6.10 Å². The van der Waals surface area contributed by atoms with Gasteiger partial charge in [0.15, 0.2) is 5.78 Å². The molecule has 0 amide bonds. The molecular formula is C15H23NO3. The van der Waals surface area contributed by atoms with Gasteiger partial charge < -0.3 is 15.2 Å². The number of carbonyl (C=O) groups excluding carboxylic acids is 1. The SMILES string of the molecule is CC(=O)c1ccccc1OC[C@@H](O)CNC(C)(C)C. The Morgan fingerprint density at radius 1 is 1.37 bits per heavy atom. The highest BCUT2D eigenvalue weighted by Gasteiger charge is 2.14. The second-order valence-electron chi connectivity index (χ2n) is 5.65. The van der Waals surface area contributed by atoms with E-state index in [0.29, 0.717) is 17.9 Å². The van der Waals surface area contributed by atoms with E-state index in [1.165, 1.54) is 6.92 Å². The van der Waals surface area contributed by atoms with Crippen LogP contribution in [0.3, 0.4) is 0 Å². The lowest BCUT2D eigenvalue weighted by Crippen LogP contribution is -2.42. The number of hydrogen-bond donors (Lipinski definition) is 2. The molecule has 0 spiro atoms. The predicted molar refractivity (Wildman–Crippen MR) is 75.7 cm³/mol. The van der Waals surface area contributed by atoms with Gasteiger partial charge in [0.05, 0.1) is 5.56 Å². The van der Waals surface area contributed by atoms with Gasteiger partial charge in [0.2, 0.25) is 0 Å². The zero-order valence-corrected chi connectivity index (χ0v) is 12.1. The molecule has 0 aliphatic rings. The molecule has 0 aromatic heterocycles. The van der Waals surface area contributed by atoms with Gasteiger partial charge in [-0.25, -0.2) is 0 Å². The Kier molecular flexibility index (Phi) is 5.51. The third-order valence-electron chi connectivity index (χ3n) is 2.57. The summed E-state index contributed by atoms with van der Waals surface area (Å²) in [5.41, 5.74) is 0.497. The van der Waals surface area contributed by atoms with E-state index in [0.717, 1.165) is 0 Å². The van der Waals surface area contributed by atoms with Crippen LogP contribution in [0.15, 0.2) is 24.3 Å². The quantitative estimate of drug-likeness (QED) is 0.773. The Labute approximate surface area is 114 Å². The molecule has 0 saturated carbocycles. The Morgan fingerprint density at radius 2 is 2.00 bits per heavy atom. The van der Waals surface area contributed by atoms with Gasteiger partial charge in [-0.15, -0.1) is 0 Å². The van der Waals surface area contributed by atoms with Crippen LogP contribution in [0.2, 0.25) is 0 Å². The molecule has 2 N–H and O–H groups in total. The van der Waals surface area contributed by atoms with Crippen molar-refractivity contribution in [3.8, 4) is 5.75 Å². The van der Waals surface area contributed by atoms with Crippen LogP contribution in [0.25, 0.3) is 0 Å². The minimum Gasteiger partial charge on any atom is -0.490 e. The first-order valence-corrected chi connectivity index (χ1v) is 6.45. The van der Waals surface area contributed by atoms with Crippen molar-refractivity contribution in [2.45, 2.75) is 39.3 Å². The van der Waals surface area contributed by atoms with Crippen molar-refractivity contribution < 1.29 is 14.6 Å². The summed E-state index contributed by atoms with van der Waals surface area (Å²) in [4.78, 5) is 11.4. The summed E-state index contributed by atoms with van der Waals surface area (Å²) in [6.07, 6.45) is -0.612. The summed E-state index contributed by atoms with van der Waals surface area (Å²) in [7, 11) is 0. The molecule has 4 nitrogen and oxygen atoms in total. The number of nitrogens with one attached hydrogen (secondary N) is 1. The van der Waals surface area contributed by atoms with Crippen LogP contribution in [-0.2, 0) is 0 Å². The number of benzene rings is 1. The summed E-state index contributed by atoms with van der Waals surface area (Å²) in [6, 6.07) is 7.06. The summed E-state index contributed by atoms with van der Waals surface area (Å²) < 4.78 is 5.51. The van der Waals surface area contributed by atoms with Gasteiger partial charge in [0.25, 0.3) is 0 Å². The van der Waals surface area contributed by atoms with Crippen molar-refractivity contribution in [2.24, 2.45) is 0 Å². The maximum Gasteiger partial charge on any atom is 0.163 e. The highest BCUT2D eigenvalue weighted by Crippen LogP contribution is 2.18. The van der Waals surface area contributed by atoms with Crippen LogP contribution in [0, 0.1) is 0 Å². The lowest BCUT2D eigenvalue weighted by molar-refractivity contribution is 0.0950. The van der Waals surface area contributed by atoms with E-state index >= 15 is 0 Å². The Bertz CT molecular complexity index is 424. The number of rotatable bonds is 6. The molecule has 1 aromatic carbocycles. The zero-order valence-electron chi connectivity index (χ0n) is 12.1. The second-order valence-corrected chi connectivity index (χ2v) is 5.65. The molecule has 0 fully saturated rings. The van der Waals surface area contributed by atoms with Gasteiger partial charge in [-0.2, -0.15) is 0 Å². The van der Waals surface area contributed by atoms with E-state index in [-0.39, 0.29) is 17.9 Å². The predicted octanol–water partition coefficient (Wildman–Crippen LogP) is 2.02. The number of para-hydroxylation sites is 1. The van der Waals surface area contributed by atoms with Crippen molar-refractivity contribution in [2.75, 3.05) is 13.2 Å². The van der Waals surface area contributed by atoms with Crippen molar-refractivity contribution >= 4 is 5.78 Å². The van der Waals surface area contributed by atoms with Crippen LogP contribution in [0.1, 0.15) is 38.1 Å². The molecule has 4 heteroatoms. The highest BCUT2D eigenvalue weighted by atomic mass is 16.5. The first-order valence-electron chi connectivity index (χ1n) is 6.45. The smallest absolute Gasteiger partial charge is 0.163 e. The monoisotopic (exact) mass is 265 g/mol. The normalized spacial score (nSPS) is 13.1. The Balaban J connectivity index is 2.51. The number of hydrogen-bond acceptors (Lipinski definition) is 4. The molecule has 1 rings (SSSR count). The number of aliphatic hydroxyl groups excluding tert-OH is 1. The lowest BCUT2D eigenvalue weighted by atomic mass is 10.1. The molecule has 0 radical (unpaired) electrons. The summed E-state index contributed by atoms with van der Waals surface area (Å²) >= 11 is 0. The molecule has 1 atom stereocenters. The molecule has 19 heavy (non-hydrogen) atoms. The largest absolute Gasteiger partial charge is 0.490 e.